The van der Waals surface area contributed by atoms with Gasteiger partial charge in [0.15, 0.2) is 5.58 Å². The van der Waals surface area contributed by atoms with Crippen LogP contribution in [-0.4, -0.2) is 10.9 Å². The van der Waals surface area contributed by atoms with Crippen LogP contribution >= 0.6 is 11.8 Å². The predicted molar refractivity (Wildman–Crippen MR) is 55.1 cm³/mol. The topological polar surface area (TPSA) is 49.8 Å². The van der Waals surface area contributed by atoms with E-state index in [1.165, 1.54) is 23.9 Å². The molecule has 0 aliphatic rings. The summed E-state index contributed by atoms with van der Waals surface area (Å²) in [6, 6.07) is 4.53. The molecular weight excluding hydrogens is 215 g/mol. The molecule has 0 amide bonds. The Hall–Kier alpha value is -1.54. The van der Waals surface area contributed by atoms with Gasteiger partial charge in [-0.25, -0.2) is 4.39 Å². The average molecular weight is 222 g/mol. The maximum Gasteiger partial charge on any atom is 0.169 e. The van der Waals surface area contributed by atoms with Crippen molar-refractivity contribution < 1.29 is 8.91 Å². The molecule has 0 aliphatic heterocycles. The number of fused-ring (bicyclic) bond motifs is 1. The van der Waals surface area contributed by atoms with Crippen LogP contribution in [0.4, 0.5) is 4.39 Å². The van der Waals surface area contributed by atoms with Gasteiger partial charge in [-0.2, -0.15) is 5.26 Å². The van der Waals surface area contributed by atoms with Gasteiger partial charge in [-0.3, -0.25) is 0 Å². The minimum absolute atomic E-state index is 0.00435. The highest BCUT2D eigenvalue weighted by Crippen LogP contribution is 2.30. The van der Waals surface area contributed by atoms with Crippen molar-refractivity contribution in [3.63, 3.8) is 0 Å². The van der Waals surface area contributed by atoms with E-state index in [1.54, 1.807) is 0 Å². The minimum Gasteiger partial charge on any atom is -0.355 e. The molecule has 1 heterocycles. The Kier molecular flexibility index (Phi) is 2.60. The van der Waals surface area contributed by atoms with Crippen molar-refractivity contribution in [3.8, 4) is 6.07 Å². The molecule has 3 nitrogen and oxygen atoms in total. The Morgan fingerprint density at radius 1 is 1.60 bits per heavy atom. The molecule has 0 N–H and O–H groups in total. The fraction of sp³-hybridized carbons (Fsp3) is 0.200. The van der Waals surface area contributed by atoms with Crippen molar-refractivity contribution in [2.45, 2.75) is 11.9 Å². The lowest BCUT2D eigenvalue weighted by Crippen LogP contribution is -1.85. The summed E-state index contributed by atoms with van der Waals surface area (Å²) in [5.74, 6) is 0.259. The third-order valence-corrected chi connectivity index (χ3v) is 2.79. The van der Waals surface area contributed by atoms with E-state index in [-0.39, 0.29) is 5.56 Å². The summed E-state index contributed by atoms with van der Waals surface area (Å²) in [6.07, 6.45) is 0. The van der Waals surface area contributed by atoms with Gasteiger partial charge in [0.25, 0.3) is 0 Å². The standard InChI is InChI=1S/C10H7FN2OS/c1-2-15-10-9-6(5-12)7(11)3-4-8(9)14-13-10/h3-4H,2H2,1H3. The van der Waals surface area contributed by atoms with Gasteiger partial charge in [-0.1, -0.05) is 12.1 Å². The van der Waals surface area contributed by atoms with E-state index in [0.29, 0.717) is 16.0 Å². The third kappa shape index (κ3) is 1.57. The molecule has 0 unspecified atom stereocenters. The van der Waals surface area contributed by atoms with E-state index in [0.717, 1.165) is 5.75 Å². The normalized spacial score (nSPS) is 10.5. The fourth-order valence-electron chi connectivity index (χ4n) is 1.33. The lowest BCUT2D eigenvalue weighted by molar-refractivity contribution is 0.437. The molecule has 0 saturated carbocycles. The van der Waals surface area contributed by atoms with Crippen LogP contribution in [0.5, 0.6) is 0 Å². The Morgan fingerprint density at radius 3 is 3.07 bits per heavy atom. The number of hydrogen-bond donors (Lipinski definition) is 0. The number of rotatable bonds is 2. The summed E-state index contributed by atoms with van der Waals surface area (Å²) < 4.78 is 18.3. The van der Waals surface area contributed by atoms with Crippen molar-refractivity contribution in [1.29, 1.82) is 5.26 Å². The zero-order valence-electron chi connectivity index (χ0n) is 7.95. The first-order valence-corrected chi connectivity index (χ1v) is 5.37. The van der Waals surface area contributed by atoms with Gasteiger partial charge in [-0.15, -0.1) is 11.8 Å². The van der Waals surface area contributed by atoms with Gasteiger partial charge in [0.05, 0.1) is 5.39 Å². The zero-order valence-corrected chi connectivity index (χ0v) is 8.77. The first kappa shape index (κ1) is 9.99. The van der Waals surface area contributed by atoms with Gasteiger partial charge >= 0.3 is 0 Å². The van der Waals surface area contributed by atoms with Gasteiger partial charge in [0, 0.05) is 0 Å². The second-order valence-corrected chi connectivity index (χ2v) is 4.08. The van der Waals surface area contributed by atoms with Crippen LogP contribution in [0, 0.1) is 17.1 Å². The monoisotopic (exact) mass is 222 g/mol. The van der Waals surface area contributed by atoms with Gasteiger partial charge in [-0.05, 0) is 17.9 Å². The Labute approximate surface area is 89.9 Å². The van der Waals surface area contributed by atoms with Crippen LogP contribution in [0.2, 0.25) is 0 Å². The van der Waals surface area contributed by atoms with E-state index in [1.807, 2.05) is 13.0 Å². The highest BCUT2D eigenvalue weighted by atomic mass is 32.2. The minimum atomic E-state index is -0.536. The molecule has 0 fully saturated rings. The van der Waals surface area contributed by atoms with Crippen LogP contribution in [0.3, 0.4) is 0 Å². The molecule has 0 bridgehead atoms. The van der Waals surface area contributed by atoms with Crippen molar-refractivity contribution in [3.05, 3.63) is 23.5 Å². The fourth-order valence-corrected chi connectivity index (χ4v) is 2.04. The Morgan fingerprint density at radius 2 is 2.40 bits per heavy atom. The maximum absolute atomic E-state index is 13.3. The SMILES string of the molecule is CCSc1noc2ccc(F)c(C#N)c12. The summed E-state index contributed by atoms with van der Waals surface area (Å²) in [7, 11) is 0. The van der Waals surface area contributed by atoms with Crippen molar-refractivity contribution in [2.24, 2.45) is 0 Å². The molecule has 1 aromatic heterocycles. The maximum atomic E-state index is 13.3. The van der Waals surface area contributed by atoms with Crippen LogP contribution in [0.25, 0.3) is 11.0 Å². The summed E-state index contributed by atoms with van der Waals surface area (Å²) in [5.41, 5.74) is 0.452. The molecule has 1 aromatic carbocycles. The Bertz CT molecular complexity index is 544. The largest absolute Gasteiger partial charge is 0.355 e. The van der Waals surface area contributed by atoms with Gasteiger partial charge < -0.3 is 4.52 Å². The molecule has 2 rings (SSSR count). The lowest BCUT2D eigenvalue weighted by atomic mass is 10.1. The smallest absolute Gasteiger partial charge is 0.169 e. The summed E-state index contributed by atoms with van der Waals surface area (Å²) >= 11 is 1.43. The summed E-state index contributed by atoms with van der Waals surface area (Å²) in [6.45, 7) is 1.95. The molecule has 5 heteroatoms. The van der Waals surface area contributed by atoms with Gasteiger partial charge in [0.2, 0.25) is 0 Å². The number of aromatic nitrogens is 1. The first-order valence-electron chi connectivity index (χ1n) is 4.38. The predicted octanol–water partition coefficient (Wildman–Crippen LogP) is 2.95. The number of nitriles is 1. The van der Waals surface area contributed by atoms with E-state index >= 15 is 0 Å². The third-order valence-electron chi connectivity index (χ3n) is 1.95. The number of benzene rings is 1. The molecule has 0 aliphatic carbocycles. The second kappa shape index (κ2) is 3.91. The molecule has 0 atom stereocenters. The van der Waals surface area contributed by atoms with E-state index in [2.05, 4.69) is 5.16 Å². The number of nitrogens with zero attached hydrogens (tertiary/aromatic N) is 2. The number of thioether (sulfide) groups is 1. The van der Waals surface area contributed by atoms with Crippen LogP contribution in [-0.2, 0) is 0 Å². The van der Waals surface area contributed by atoms with E-state index in [9.17, 15) is 4.39 Å². The molecule has 76 valence electrons. The van der Waals surface area contributed by atoms with Crippen molar-refractivity contribution in [1.82, 2.24) is 5.16 Å². The summed E-state index contributed by atoms with van der Waals surface area (Å²) in [5, 5.41) is 13.7. The van der Waals surface area contributed by atoms with Crippen molar-refractivity contribution >= 4 is 22.7 Å². The van der Waals surface area contributed by atoms with Crippen LogP contribution < -0.4 is 0 Å². The first-order chi connectivity index (χ1) is 7.27. The van der Waals surface area contributed by atoms with Crippen LogP contribution in [0.1, 0.15) is 12.5 Å². The van der Waals surface area contributed by atoms with Crippen molar-refractivity contribution in [2.75, 3.05) is 5.75 Å². The molecular formula is C10H7FN2OS. The molecule has 0 radical (unpaired) electrons. The number of hydrogen-bond acceptors (Lipinski definition) is 4. The van der Waals surface area contributed by atoms with Crippen LogP contribution in [0.15, 0.2) is 21.7 Å². The molecule has 0 spiro atoms. The van der Waals surface area contributed by atoms with E-state index < -0.39 is 5.82 Å². The lowest BCUT2D eigenvalue weighted by Gasteiger charge is -1.95. The average Bonchev–Trinajstić information content (AvgIpc) is 2.63. The molecule has 2 aromatic rings. The number of halogens is 1. The Balaban J connectivity index is 2.76. The molecule has 0 saturated heterocycles. The second-order valence-electron chi connectivity index (χ2n) is 2.83. The molecule has 15 heavy (non-hydrogen) atoms. The zero-order chi connectivity index (χ0) is 10.8. The van der Waals surface area contributed by atoms with E-state index in [4.69, 9.17) is 9.78 Å². The summed E-state index contributed by atoms with van der Waals surface area (Å²) in [4.78, 5) is 0. The van der Waals surface area contributed by atoms with Gasteiger partial charge in [0.1, 0.15) is 22.5 Å². The quantitative estimate of drug-likeness (QED) is 0.733. The highest BCUT2D eigenvalue weighted by Gasteiger charge is 2.15. The highest BCUT2D eigenvalue weighted by molar-refractivity contribution is 7.99.